The van der Waals surface area contributed by atoms with Crippen LogP contribution in [0.3, 0.4) is 0 Å². The van der Waals surface area contributed by atoms with Crippen molar-refractivity contribution in [2.24, 2.45) is 0 Å². The fourth-order valence-corrected chi connectivity index (χ4v) is 3.32. The Morgan fingerprint density at radius 3 is 2.71 bits per heavy atom. The molecule has 2 atom stereocenters. The van der Waals surface area contributed by atoms with Crippen LogP contribution in [0.15, 0.2) is 16.0 Å². The number of hydrogen-bond acceptors (Lipinski definition) is 4. The van der Waals surface area contributed by atoms with Crippen molar-refractivity contribution < 1.29 is 4.79 Å². The molecule has 0 fully saturated rings. The molecule has 0 aliphatic rings. The van der Waals surface area contributed by atoms with Gasteiger partial charge in [0.1, 0.15) is 5.52 Å². The highest BCUT2D eigenvalue weighted by Gasteiger charge is 2.18. The van der Waals surface area contributed by atoms with Crippen molar-refractivity contribution in [2.75, 3.05) is 5.75 Å². The monoisotopic (exact) mass is 350 g/mol. The number of aryl methyl sites for hydroxylation is 1. The number of aromatic nitrogens is 3. The number of nitrogens with zero attached hydrogens (tertiary/aromatic N) is 2. The summed E-state index contributed by atoms with van der Waals surface area (Å²) in [6.45, 7) is 9.94. The second kappa shape index (κ2) is 7.88. The summed E-state index contributed by atoms with van der Waals surface area (Å²) in [4.78, 5) is 32.5. The van der Waals surface area contributed by atoms with E-state index in [1.54, 1.807) is 4.57 Å². The second-order valence-corrected chi connectivity index (χ2v) is 7.15. The van der Waals surface area contributed by atoms with Crippen molar-refractivity contribution in [2.45, 2.75) is 64.7 Å². The average Bonchev–Trinajstić information content (AvgIpc) is 2.93. The summed E-state index contributed by atoms with van der Waals surface area (Å²) in [7, 11) is 0. The lowest BCUT2D eigenvalue weighted by molar-refractivity contribution is -0.119. The molecular formula is C17H26N4O2S. The molecule has 0 saturated heterocycles. The van der Waals surface area contributed by atoms with Gasteiger partial charge in [-0.25, -0.2) is 4.98 Å². The van der Waals surface area contributed by atoms with Crippen LogP contribution in [0.2, 0.25) is 0 Å². The quantitative estimate of drug-likeness (QED) is 0.594. The Balaban J connectivity index is 2.33. The van der Waals surface area contributed by atoms with Crippen LogP contribution in [0.4, 0.5) is 0 Å². The van der Waals surface area contributed by atoms with Crippen LogP contribution in [-0.4, -0.2) is 32.2 Å². The first-order valence-electron chi connectivity index (χ1n) is 8.41. The summed E-state index contributed by atoms with van der Waals surface area (Å²) in [6, 6.07) is 2.04. The molecular weight excluding hydrogens is 324 g/mol. The topological polar surface area (TPSA) is 79.8 Å². The largest absolute Gasteiger partial charge is 0.353 e. The Hall–Kier alpha value is -1.76. The van der Waals surface area contributed by atoms with Gasteiger partial charge in [-0.2, -0.15) is 0 Å². The van der Waals surface area contributed by atoms with Crippen LogP contribution in [-0.2, 0) is 4.79 Å². The van der Waals surface area contributed by atoms with Crippen molar-refractivity contribution in [1.29, 1.82) is 0 Å². The third kappa shape index (κ3) is 4.01. The number of amides is 1. The molecule has 0 radical (unpaired) electrons. The van der Waals surface area contributed by atoms with Crippen LogP contribution >= 0.6 is 11.8 Å². The van der Waals surface area contributed by atoms with E-state index in [9.17, 15) is 9.59 Å². The lowest BCUT2D eigenvalue weighted by Crippen LogP contribution is -2.33. The predicted molar refractivity (Wildman–Crippen MR) is 98.7 cm³/mol. The smallest absolute Gasteiger partial charge is 0.278 e. The number of thioether (sulfide) groups is 1. The van der Waals surface area contributed by atoms with E-state index in [0.717, 1.165) is 18.5 Å². The standard InChI is InChI=1S/C17H26N4O2S/c1-6-10(3)18-14(22)9-24-17-20-13-8-11(4)19-15(13)16(23)21(17)12(5)7-2/h8,10,12,19H,6-7,9H2,1-5H3,(H,18,22)/t10-,12+/m1/s1. The zero-order valence-electron chi connectivity index (χ0n) is 15.0. The van der Waals surface area contributed by atoms with Crippen LogP contribution in [0.5, 0.6) is 0 Å². The van der Waals surface area contributed by atoms with Gasteiger partial charge in [-0.15, -0.1) is 0 Å². The third-order valence-corrected chi connectivity index (χ3v) is 5.12. The lowest BCUT2D eigenvalue weighted by Gasteiger charge is -2.17. The fourth-order valence-electron chi connectivity index (χ4n) is 2.41. The van der Waals surface area contributed by atoms with E-state index in [0.29, 0.717) is 16.2 Å². The molecule has 6 nitrogen and oxygen atoms in total. The van der Waals surface area contributed by atoms with Crippen molar-refractivity contribution in [3.05, 3.63) is 22.1 Å². The minimum atomic E-state index is -0.0766. The van der Waals surface area contributed by atoms with Gasteiger partial charge in [0.2, 0.25) is 5.91 Å². The molecule has 0 aliphatic carbocycles. The molecule has 0 saturated carbocycles. The highest BCUT2D eigenvalue weighted by molar-refractivity contribution is 7.99. The van der Waals surface area contributed by atoms with Crippen molar-refractivity contribution >= 4 is 28.7 Å². The van der Waals surface area contributed by atoms with Gasteiger partial charge in [0.25, 0.3) is 5.56 Å². The summed E-state index contributed by atoms with van der Waals surface area (Å²) in [5.74, 6) is 0.215. The SMILES string of the molecule is CC[C@@H](C)NC(=O)CSc1nc2cc(C)[nH]c2c(=O)n1[C@@H](C)CC. The summed E-state index contributed by atoms with van der Waals surface area (Å²) < 4.78 is 1.69. The van der Waals surface area contributed by atoms with E-state index >= 15 is 0 Å². The summed E-state index contributed by atoms with van der Waals surface area (Å²) in [6.07, 6.45) is 1.71. The number of rotatable bonds is 7. The normalized spacial score (nSPS) is 13.9. The maximum absolute atomic E-state index is 12.8. The van der Waals surface area contributed by atoms with E-state index in [4.69, 9.17) is 0 Å². The van der Waals surface area contributed by atoms with Gasteiger partial charge in [-0.05, 0) is 39.7 Å². The minimum absolute atomic E-state index is 0.0260. The molecule has 2 heterocycles. The van der Waals surface area contributed by atoms with Crippen LogP contribution in [0, 0.1) is 6.92 Å². The zero-order chi connectivity index (χ0) is 17.9. The zero-order valence-corrected chi connectivity index (χ0v) is 15.8. The Labute approximate surface area is 146 Å². The molecule has 132 valence electrons. The van der Waals surface area contributed by atoms with E-state index in [1.165, 1.54) is 11.8 Å². The molecule has 1 amide bonds. The summed E-state index contributed by atoms with van der Waals surface area (Å²) in [5.41, 5.74) is 2.01. The molecule has 2 aromatic rings. The van der Waals surface area contributed by atoms with Gasteiger partial charge in [0, 0.05) is 17.8 Å². The van der Waals surface area contributed by atoms with Gasteiger partial charge in [0.15, 0.2) is 5.16 Å². The number of aromatic amines is 1. The summed E-state index contributed by atoms with van der Waals surface area (Å²) >= 11 is 1.32. The molecule has 7 heteroatoms. The molecule has 2 rings (SSSR count). The minimum Gasteiger partial charge on any atom is -0.353 e. The van der Waals surface area contributed by atoms with E-state index in [2.05, 4.69) is 15.3 Å². The van der Waals surface area contributed by atoms with Crippen LogP contribution in [0.1, 0.15) is 52.3 Å². The van der Waals surface area contributed by atoms with Gasteiger partial charge in [-0.1, -0.05) is 25.6 Å². The van der Waals surface area contributed by atoms with Crippen molar-refractivity contribution in [1.82, 2.24) is 19.9 Å². The molecule has 2 N–H and O–H groups in total. The van der Waals surface area contributed by atoms with Crippen LogP contribution < -0.4 is 10.9 Å². The van der Waals surface area contributed by atoms with Gasteiger partial charge < -0.3 is 10.3 Å². The summed E-state index contributed by atoms with van der Waals surface area (Å²) in [5, 5.41) is 3.53. The Kier molecular flexibility index (Phi) is 6.10. The van der Waals surface area contributed by atoms with E-state index in [-0.39, 0.29) is 29.3 Å². The number of H-pyrrole nitrogens is 1. The van der Waals surface area contributed by atoms with Crippen LogP contribution in [0.25, 0.3) is 11.0 Å². The molecule has 0 spiro atoms. The highest BCUT2D eigenvalue weighted by Crippen LogP contribution is 2.22. The maximum atomic E-state index is 12.8. The molecule has 0 bridgehead atoms. The highest BCUT2D eigenvalue weighted by atomic mass is 32.2. The second-order valence-electron chi connectivity index (χ2n) is 6.20. The van der Waals surface area contributed by atoms with Gasteiger partial charge in [-0.3, -0.25) is 14.2 Å². The third-order valence-electron chi connectivity index (χ3n) is 4.17. The fraction of sp³-hybridized carbons (Fsp3) is 0.588. The predicted octanol–water partition coefficient (Wildman–Crippen LogP) is 3.01. The van der Waals surface area contributed by atoms with E-state index in [1.807, 2.05) is 40.7 Å². The van der Waals surface area contributed by atoms with Crippen molar-refractivity contribution in [3.8, 4) is 0 Å². The molecule has 0 aliphatic heterocycles. The Morgan fingerprint density at radius 2 is 2.08 bits per heavy atom. The van der Waals surface area contributed by atoms with Gasteiger partial charge in [0.05, 0.1) is 11.3 Å². The molecule has 24 heavy (non-hydrogen) atoms. The Bertz CT molecular complexity index is 781. The molecule has 0 unspecified atom stereocenters. The number of fused-ring (bicyclic) bond motifs is 1. The van der Waals surface area contributed by atoms with E-state index < -0.39 is 0 Å². The lowest BCUT2D eigenvalue weighted by atomic mass is 10.2. The van der Waals surface area contributed by atoms with Gasteiger partial charge >= 0.3 is 0 Å². The average molecular weight is 350 g/mol. The molecule has 0 aromatic carbocycles. The molecule has 2 aromatic heterocycles. The first-order valence-corrected chi connectivity index (χ1v) is 9.39. The number of nitrogens with one attached hydrogen (secondary N) is 2. The number of hydrogen-bond donors (Lipinski definition) is 2. The van der Waals surface area contributed by atoms with Crippen molar-refractivity contribution in [3.63, 3.8) is 0 Å². The first-order chi connectivity index (χ1) is 11.4. The number of carbonyl (C=O) groups is 1. The maximum Gasteiger partial charge on any atom is 0.278 e. The first kappa shape index (κ1) is 18.6. The Morgan fingerprint density at radius 1 is 1.38 bits per heavy atom. The number of carbonyl (C=O) groups excluding carboxylic acids is 1.